The van der Waals surface area contributed by atoms with Crippen molar-refractivity contribution in [3.05, 3.63) is 64.2 Å². The third-order valence-corrected chi connectivity index (χ3v) is 3.91. The molecule has 0 aliphatic carbocycles. The van der Waals surface area contributed by atoms with Gasteiger partial charge in [-0.3, -0.25) is 4.79 Å². The van der Waals surface area contributed by atoms with Crippen LogP contribution in [-0.2, 0) is 0 Å². The van der Waals surface area contributed by atoms with Gasteiger partial charge in [-0.2, -0.15) is 0 Å². The quantitative estimate of drug-likeness (QED) is 0.830. The molecule has 0 saturated carbocycles. The summed E-state index contributed by atoms with van der Waals surface area (Å²) >= 11 is 5.90. The van der Waals surface area contributed by atoms with Crippen LogP contribution in [0.25, 0.3) is 0 Å². The van der Waals surface area contributed by atoms with E-state index in [0.717, 1.165) is 16.7 Å². The first kappa shape index (κ1) is 16.4. The molecule has 0 atom stereocenters. The molecule has 0 heterocycles. The number of rotatable bonds is 5. The minimum atomic E-state index is 0.0101. The zero-order valence-electron chi connectivity index (χ0n) is 13.1. The highest BCUT2D eigenvalue weighted by Gasteiger charge is 2.14. The summed E-state index contributed by atoms with van der Waals surface area (Å²) in [5.41, 5.74) is 2.88. The summed E-state index contributed by atoms with van der Waals surface area (Å²) in [6.07, 6.45) is 0. The van der Waals surface area contributed by atoms with Gasteiger partial charge >= 0.3 is 0 Å². The Bertz CT molecular complexity index is 670. The van der Waals surface area contributed by atoms with Crippen LogP contribution in [0.2, 0.25) is 5.02 Å². The van der Waals surface area contributed by atoms with Crippen LogP contribution in [0.4, 0.5) is 0 Å². The smallest absolute Gasteiger partial charge is 0.253 e. The molecule has 0 bridgehead atoms. The standard InChI is InChI=1S/C18H20ClNO2/c1-13-6-4-9-17(14(13)2)18(21)20(3)10-11-22-16-8-5-7-15(19)12-16/h4-9,12H,10-11H2,1-3H3. The number of hydrogen-bond acceptors (Lipinski definition) is 2. The minimum absolute atomic E-state index is 0.0101. The number of halogens is 1. The van der Waals surface area contributed by atoms with Gasteiger partial charge in [0.15, 0.2) is 0 Å². The zero-order valence-corrected chi connectivity index (χ0v) is 13.9. The second-order valence-corrected chi connectivity index (χ2v) is 5.72. The van der Waals surface area contributed by atoms with E-state index < -0.39 is 0 Å². The Morgan fingerprint density at radius 2 is 1.91 bits per heavy atom. The Morgan fingerprint density at radius 3 is 2.64 bits per heavy atom. The van der Waals surface area contributed by atoms with Gasteiger partial charge in [-0.05, 0) is 49.2 Å². The Kier molecular flexibility index (Phi) is 5.45. The van der Waals surface area contributed by atoms with Gasteiger partial charge < -0.3 is 9.64 Å². The molecular formula is C18H20ClNO2. The van der Waals surface area contributed by atoms with Crippen LogP contribution in [0.5, 0.6) is 5.75 Å². The molecule has 1 amide bonds. The van der Waals surface area contributed by atoms with Crippen molar-refractivity contribution < 1.29 is 9.53 Å². The average molecular weight is 318 g/mol. The van der Waals surface area contributed by atoms with Gasteiger partial charge in [-0.15, -0.1) is 0 Å². The molecule has 0 spiro atoms. The van der Waals surface area contributed by atoms with Crippen molar-refractivity contribution in [2.24, 2.45) is 0 Å². The maximum absolute atomic E-state index is 12.5. The molecule has 3 nitrogen and oxygen atoms in total. The van der Waals surface area contributed by atoms with Crippen LogP contribution < -0.4 is 4.74 Å². The van der Waals surface area contributed by atoms with Crippen molar-refractivity contribution in [3.63, 3.8) is 0 Å². The normalized spacial score (nSPS) is 10.4. The van der Waals surface area contributed by atoms with E-state index in [4.69, 9.17) is 16.3 Å². The number of carbonyl (C=O) groups is 1. The molecule has 2 aromatic rings. The molecule has 116 valence electrons. The van der Waals surface area contributed by atoms with E-state index in [1.165, 1.54) is 0 Å². The molecule has 2 aromatic carbocycles. The SMILES string of the molecule is Cc1cccc(C(=O)N(C)CCOc2cccc(Cl)c2)c1C. The van der Waals surface area contributed by atoms with Crippen molar-refractivity contribution in [3.8, 4) is 5.75 Å². The third kappa shape index (κ3) is 4.01. The molecule has 0 radical (unpaired) electrons. The molecule has 0 saturated heterocycles. The summed E-state index contributed by atoms with van der Waals surface area (Å²) in [4.78, 5) is 14.1. The highest BCUT2D eigenvalue weighted by molar-refractivity contribution is 6.30. The molecular weight excluding hydrogens is 298 g/mol. The lowest BCUT2D eigenvalue weighted by Gasteiger charge is -2.19. The highest BCUT2D eigenvalue weighted by atomic mass is 35.5. The van der Waals surface area contributed by atoms with Gasteiger partial charge in [0.1, 0.15) is 12.4 Å². The van der Waals surface area contributed by atoms with Crippen LogP contribution in [-0.4, -0.2) is 31.0 Å². The maximum Gasteiger partial charge on any atom is 0.253 e. The number of amides is 1. The summed E-state index contributed by atoms with van der Waals surface area (Å²) in [5, 5.41) is 0.636. The van der Waals surface area contributed by atoms with Crippen LogP contribution in [0.3, 0.4) is 0 Å². The number of likely N-dealkylation sites (N-methyl/N-ethyl adjacent to an activating group) is 1. The van der Waals surface area contributed by atoms with Crippen molar-refractivity contribution in [1.29, 1.82) is 0 Å². The molecule has 0 aliphatic rings. The van der Waals surface area contributed by atoms with E-state index in [0.29, 0.717) is 23.9 Å². The Balaban J connectivity index is 1.93. The summed E-state index contributed by atoms with van der Waals surface area (Å²) in [7, 11) is 1.78. The Morgan fingerprint density at radius 1 is 1.18 bits per heavy atom. The number of aryl methyl sites for hydroxylation is 1. The number of hydrogen-bond donors (Lipinski definition) is 0. The molecule has 22 heavy (non-hydrogen) atoms. The monoisotopic (exact) mass is 317 g/mol. The van der Waals surface area contributed by atoms with Crippen LogP contribution in [0, 0.1) is 13.8 Å². The van der Waals surface area contributed by atoms with Gasteiger partial charge in [0.2, 0.25) is 0 Å². The largest absolute Gasteiger partial charge is 0.492 e. The summed E-state index contributed by atoms with van der Waals surface area (Å²) in [6.45, 7) is 4.92. The van der Waals surface area contributed by atoms with E-state index >= 15 is 0 Å². The number of nitrogens with zero attached hydrogens (tertiary/aromatic N) is 1. The topological polar surface area (TPSA) is 29.5 Å². The van der Waals surface area contributed by atoms with E-state index in [9.17, 15) is 4.79 Å². The highest BCUT2D eigenvalue weighted by Crippen LogP contribution is 2.17. The predicted octanol–water partition coefficient (Wildman–Crippen LogP) is 4.11. The molecule has 2 rings (SSSR count). The first-order chi connectivity index (χ1) is 10.5. The molecule has 0 aromatic heterocycles. The molecule has 0 fully saturated rings. The van der Waals surface area contributed by atoms with Gasteiger partial charge in [-0.25, -0.2) is 0 Å². The van der Waals surface area contributed by atoms with Crippen molar-refractivity contribution >= 4 is 17.5 Å². The molecule has 0 aliphatic heterocycles. The van der Waals surface area contributed by atoms with Gasteiger partial charge in [-0.1, -0.05) is 29.8 Å². The van der Waals surface area contributed by atoms with Crippen LogP contribution >= 0.6 is 11.6 Å². The van der Waals surface area contributed by atoms with Crippen molar-refractivity contribution in [2.75, 3.05) is 20.2 Å². The number of ether oxygens (including phenoxy) is 1. The maximum atomic E-state index is 12.5. The first-order valence-electron chi connectivity index (χ1n) is 7.19. The summed E-state index contributed by atoms with van der Waals surface area (Å²) in [6, 6.07) is 13.0. The van der Waals surface area contributed by atoms with Crippen LogP contribution in [0.15, 0.2) is 42.5 Å². The lowest BCUT2D eigenvalue weighted by molar-refractivity contribution is 0.0773. The predicted molar refractivity (Wildman–Crippen MR) is 89.8 cm³/mol. The molecule has 4 heteroatoms. The number of benzene rings is 2. The van der Waals surface area contributed by atoms with Gasteiger partial charge in [0.05, 0.1) is 6.54 Å². The number of carbonyl (C=O) groups excluding carboxylic acids is 1. The molecule has 0 N–H and O–H groups in total. The van der Waals surface area contributed by atoms with E-state index in [1.54, 1.807) is 24.1 Å². The van der Waals surface area contributed by atoms with Gasteiger partial charge in [0.25, 0.3) is 5.91 Å². The lowest BCUT2D eigenvalue weighted by atomic mass is 10.0. The fraction of sp³-hybridized carbons (Fsp3) is 0.278. The van der Waals surface area contributed by atoms with Crippen molar-refractivity contribution in [1.82, 2.24) is 4.90 Å². The van der Waals surface area contributed by atoms with Crippen molar-refractivity contribution in [2.45, 2.75) is 13.8 Å². The second kappa shape index (κ2) is 7.32. The van der Waals surface area contributed by atoms with E-state index in [2.05, 4.69) is 0 Å². The first-order valence-corrected chi connectivity index (χ1v) is 7.57. The fourth-order valence-corrected chi connectivity index (χ4v) is 2.33. The summed E-state index contributed by atoms with van der Waals surface area (Å²) < 4.78 is 5.62. The average Bonchev–Trinajstić information content (AvgIpc) is 2.49. The summed E-state index contributed by atoms with van der Waals surface area (Å²) in [5.74, 6) is 0.718. The molecule has 0 unspecified atom stereocenters. The zero-order chi connectivity index (χ0) is 16.1. The minimum Gasteiger partial charge on any atom is -0.492 e. The third-order valence-electron chi connectivity index (χ3n) is 3.67. The Hall–Kier alpha value is -2.00. The fourth-order valence-electron chi connectivity index (χ4n) is 2.15. The second-order valence-electron chi connectivity index (χ2n) is 5.28. The van der Waals surface area contributed by atoms with E-state index in [1.807, 2.05) is 44.2 Å². The Labute approximate surface area is 136 Å². The lowest BCUT2D eigenvalue weighted by Crippen LogP contribution is -2.31. The van der Waals surface area contributed by atoms with Crippen LogP contribution in [0.1, 0.15) is 21.5 Å². The van der Waals surface area contributed by atoms with E-state index in [-0.39, 0.29) is 5.91 Å². The van der Waals surface area contributed by atoms with Gasteiger partial charge in [0, 0.05) is 17.6 Å².